The van der Waals surface area contributed by atoms with Crippen molar-refractivity contribution in [1.82, 2.24) is 15.5 Å². The molecule has 0 saturated carbocycles. The summed E-state index contributed by atoms with van der Waals surface area (Å²) in [5, 5.41) is 23.7. The first-order chi connectivity index (χ1) is 16.5. The van der Waals surface area contributed by atoms with Crippen molar-refractivity contribution in [3.05, 3.63) is 35.9 Å². The second-order valence-electron chi connectivity index (χ2n) is 8.85. The van der Waals surface area contributed by atoms with E-state index >= 15 is 0 Å². The molecular formula is C24H34N4O7. The van der Waals surface area contributed by atoms with Gasteiger partial charge in [0.25, 0.3) is 0 Å². The van der Waals surface area contributed by atoms with Crippen LogP contribution in [0.15, 0.2) is 30.3 Å². The van der Waals surface area contributed by atoms with E-state index in [1.165, 1.54) is 4.90 Å². The van der Waals surface area contributed by atoms with E-state index in [9.17, 15) is 34.2 Å². The maximum absolute atomic E-state index is 13.2. The molecular weight excluding hydrogens is 456 g/mol. The largest absolute Gasteiger partial charge is 0.481 e. The first kappa shape index (κ1) is 27.8. The zero-order chi connectivity index (χ0) is 26.1. The number of nitrogens with zero attached hydrogens (tertiary/aromatic N) is 1. The fourth-order valence-corrected chi connectivity index (χ4v) is 4.03. The Labute approximate surface area is 204 Å². The molecule has 0 radical (unpaired) electrons. The zero-order valence-corrected chi connectivity index (χ0v) is 20.0. The van der Waals surface area contributed by atoms with Gasteiger partial charge in [0.15, 0.2) is 0 Å². The lowest BCUT2D eigenvalue weighted by Crippen LogP contribution is -2.59. The second-order valence-corrected chi connectivity index (χ2v) is 8.85. The molecule has 6 N–H and O–H groups in total. The SMILES string of the molecule is CCC(C)C(NC(=O)C(CC(=O)O)NC(=O)C(N)Cc1ccccc1)C(=O)N1CCCC1C(=O)O. The first-order valence-corrected chi connectivity index (χ1v) is 11.7. The van der Waals surface area contributed by atoms with Crippen LogP contribution in [0.3, 0.4) is 0 Å². The fraction of sp³-hybridized carbons (Fsp3) is 0.542. The molecule has 5 unspecified atom stereocenters. The van der Waals surface area contributed by atoms with Crippen LogP contribution in [-0.2, 0) is 30.4 Å². The van der Waals surface area contributed by atoms with Crippen LogP contribution in [0.1, 0.15) is 45.1 Å². The molecule has 1 aromatic carbocycles. The number of nitrogens with two attached hydrogens (primary N) is 1. The predicted octanol–water partition coefficient (Wildman–Crippen LogP) is 0.122. The molecule has 1 aliphatic heterocycles. The third-order valence-corrected chi connectivity index (χ3v) is 6.24. The average Bonchev–Trinajstić information content (AvgIpc) is 3.31. The lowest BCUT2D eigenvalue weighted by molar-refractivity contribution is -0.150. The van der Waals surface area contributed by atoms with Crippen LogP contribution in [0.5, 0.6) is 0 Å². The molecule has 192 valence electrons. The topological polar surface area (TPSA) is 179 Å². The molecule has 3 amide bonds. The third kappa shape index (κ3) is 7.78. The van der Waals surface area contributed by atoms with E-state index in [0.29, 0.717) is 19.3 Å². The molecule has 11 nitrogen and oxygen atoms in total. The molecule has 11 heteroatoms. The van der Waals surface area contributed by atoms with E-state index in [0.717, 1.165) is 5.56 Å². The molecule has 1 saturated heterocycles. The minimum atomic E-state index is -1.46. The normalized spacial score (nSPS) is 18.7. The summed E-state index contributed by atoms with van der Waals surface area (Å²) in [5.41, 5.74) is 6.77. The van der Waals surface area contributed by atoms with Gasteiger partial charge in [-0.15, -0.1) is 0 Å². The molecule has 5 atom stereocenters. The molecule has 1 heterocycles. The Balaban J connectivity index is 2.15. The Morgan fingerprint density at radius 3 is 2.31 bits per heavy atom. The Bertz CT molecular complexity index is 924. The highest BCUT2D eigenvalue weighted by Gasteiger charge is 2.40. The number of hydrogen-bond acceptors (Lipinski definition) is 6. The lowest BCUT2D eigenvalue weighted by Gasteiger charge is -2.31. The van der Waals surface area contributed by atoms with Crippen LogP contribution in [0.4, 0.5) is 0 Å². The number of rotatable bonds is 12. The average molecular weight is 491 g/mol. The van der Waals surface area contributed by atoms with Gasteiger partial charge in [0, 0.05) is 6.54 Å². The van der Waals surface area contributed by atoms with Crippen molar-refractivity contribution in [1.29, 1.82) is 0 Å². The van der Waals surface area contributed by atoms with E-state index in [4.69, 9.17) is 5.73 Å². The summed E-state index contributed by atoms with van der Waals surface area (Å²) in [4.78, 5) is 63.0. The van der Waals surface area contributed by atoms with Crippen molar-refractivity contribution in [3.63, 3.8) is 0 Å². The van der Waals surface area contributed by atoms with Crippen LogP contribution in [-0.4, -0.2) is 75.5 Å². The van der Waals surface area contributed by atoms with Crippen LogP contribution in [0, 0.1) is 5.92 Å². The predicted molar refractivity (Wildman–Crippen MR) is 126 cm³/mol. The van der Waals surface area contributed by atoms with Gasteiger partial charge in [-0.3, -0.25) is 19.2 Å². The number of likely N-dealkylation sites (tertiary alicyclic amines) is 1. The van der Waals surface area contributed by atoms with Gasteiger partial charge >= 0.3 is 11.9 Å². The van der Waals surface area contributed by atoms with E-state index < -0.39 is 60.2 Å². The Morgan fingerprint density at radius 1 is 1.09 bits per heavy atom. The standard InChI is InChI=1S/C24H34N4O7/c1-3-14(2)20(23(33)28-11-7-10-18(28)24(34)35)27-22(32)17(13-19(29)30)26-21(31)16(25)12-15-8-5-4-6-9-15/h4-6,8-9,14,16-18,20H,3,7,10-13,25H2,1-2H3,(H,26,31)(H,27,32)(H,29,30)(H,34,35). The maximum atomic E-state index is 13.2. The van der Waals surface area contributed by atoms with Gasteiger partial charge in [-0.1, -0.05) is 50.6 Å². The molecule has 1 fully saturated rings. The summed E-state index contributed by atoms with van der Waals surface area (Å²) in [6.45, 7) is 3.80. The van der Waals surface area contributed by atoms with Crippen LogP contribution in [0.2, 0.25) is 0 Å². The summed E-state index contributed by atoms with van der Waals surface area (Å²) >= 11 is 0. The summed E-state index contributed by atoms with van der Waals surface area (Å²) < 4.78 is 0. The van der Waals surface area contributed by atoms with Gasteiger partial charge < -0.3 is 31.5 Å². The van der Waals surface area contributed by atoms with Gasteiger partial charge in [-0.25, -0.2) is 4.79 Å². The monoisotopic (exact) mass is 490 g/mol. The molecule has 2 rings (SSSR count). The van der Waals surface area contributed by atoms with Gasteiger partial charge in [-0.05, 0) is 30.7 Å². The van der Waals surface area contributed by atoms with Crippen LogP contribution < -0.4 is 16.4 Å². The summed E-state index contributed by atoms with van der Waals surface area (Å²) in [5.74, 6) is -4.89. The number of aliphatic carboxylic acids is 2. The minimum absolute atomic E-state index is 0.188. The minimum Gasteiger partial charge on any atom is -0.481 e. The van der Waals surface area contributed by atoms with Gasteiger partial charge in [-0.2, -0.15) is 0 Å². The first-order valence-electron chi connectivity index (χ1n) is 11.7. The van der Waals surface area contributed by atoms with E-state index in [2.05, 4.69) is 10.6 Å². The van der Waals surface area contributed by atoms with E-state index in [1.54, 1.807) is 31.2 Å². The Kier molecular flexibility index (Phi) is 10.2. The molecule has 0 aromatic heterocycles. The summed E-state index contributed by atoms with van der Waals surface area (Å²) in [6, 6.07) is 4.46. The van der Waals surface area contributed by atoms with Crippen molar-refractivity contribution in [3.8, 4) is 0 Å². The Morgan fingerprint density at radius 2 is 1.74 bits per heavy atom. The second kappa shape index (κ2) is 12.8. The van der Waals surface area contributed by atoms with Gasteiger partial charge in [0.05, 0.1) is 12.5 Å². The Hall–Kier alpha value is -3.47. The zero-order valence-electron chi connectivity index (χ0n) is 20.0. The molecule has 0 spiro atoms. The quantitative estimate of drug-likeness (QED) is 0.274. The van der Waals surface area contributed by atoms with Crippen molar-refractivity contribution >= 4 is 29.7 Å². The van der Waals surface area contributed by atoms with E-state index in [1.807, 2.05) is 13.0 Å². The molecule has 1 aromatic rings. The number of carbonyl (C=O) groups is 5. The number of carboxylic acid groups (broad SMARTS) is 2. The van der Waals surface area contributed by atoms with Crippen LogP contribution in [0.25, 0.3) is 0 Å². The number of nitrogens with one attached hydrogen (secondary N) is 2. The highest BCUT2D eigenvalue weighted by Crippen LogP contribution is 2.21. The number of carboxylic acids is 2. The maximum Gasteiger partial charge on any atom is 0.326 e. The third-order valence-electron chi connectivity index (χ3n) is 6.24. The fourth-order valence-electron chi connectivity index (χ4n) is 4.03. The van der Waals surface area contributed by atoms with Crippen molar-refractivity contribution in [2.75, 3.05) is 6.54 Å². The van der Waals surface area contributed by atoms with E-state index in [-0.39, 0.29) is 18.9 Å². The van der Waals surface area contributed by atoms with Gasteiger partial charge in [0.2, 0.25) is 17.7 Å². The van der Waals surface area contributed by atoms with Gasteiger partial charge in [0.1, 0.15) is 18.1 Å². The van der Waals surface area contributed by atoms with Crippen molar-refractivity contribution in [2.45, 2.75) is 70.1 Å². The molecule has 1 aliphatic rings. The van der Waals surface area contributed by atoms with Crippen molar-refractivity contribution in [2.24, 2.45) is 11.7 Å². The number of amides is 3. The smallest absolute Gasteiger partial charge is 0.326 e. The highest BCUT2D eigenvalue weighted by molar-refractivity contribution is 5.96. The number of hydrogen-bond donors (Lipinski definition) is 5. The summed E-state index contributed by atoms with van der Waals surface area (Å²) in [7, 11) is 0. The van der Waals surface area contributed by atoms with Crippen LogP contribution >= 0.6 is 0 Å². The highest BCUT2D eigenvalue weighted by atomic mass is 16.4. The molecule has 0 bridgehead atoms. The molecule has 35 heavy (non-hydrogen) atoms. The lowest BCUT2D eigenvalue weighted by atomic mass is 9.96. The number of carbonyl (C=O) groups excluding carboxylic acids is 3. The number of benzene rings is 1. The summed E-state index contributed by atoms with van der Waals surface area (Å²) in [6.07, 6.45) is 0.826. The van der Waals surface area contributed by atoms with Crippen molar-refractivity contribution < 1.29 is 34.2 Å². The molecule has 0 aliphatic carbocycles.